The topological polar surface area (TPSA) is 72.7 Å². The Balaban J connectivity index is 1.70. The molecule has 0 aliphatic carbocycles. The molecule has 0 aromatic carbocycles. The molecule has 26 heavy (non-hydrogen) atoms. The van der Waals surface area contributed by atoms with Crippen molar-refractivity contribution in [3.8, 4) is 5.95 Å². The Morgan fingerprint density at radius 2 is 1.92 bits per heavy atom. The van der Waals surface area contributed by atoms with Crippen molar-refractivity contribution in [3.05, 3.63) is 56.8 Å². The van der Waals surface area contributed by atoms with Crippen LogP contribution in [-0.2, 0) is 17.6 Å². The number of carbonyl (C=O) groups excluding carboxylic acids is 1. The van der Waals surface area contributed by atoms with E-state index in [0.717, 1.165) is 34.8 Å². The molecule has 0 spiro atoms. The molecule has 0 unspecified atom stereocenters. The molecule has 3 aromatic rings. The first-order chi connectivity index (χ1) is 12.4. The van der Waals surface area contributed by atoms with Crippen LogP contribution in [0.25, 0.3) is 5.95 Å². The van der Waals surface area contributed by atoms with Crippen LogP contribution in [0.3, 0.4) is 0 Å². The van der Waals surface area contributed by atoms with Crippen molar-refractivity contribution in [1.82, 2.24) is 25.1 Å². The summed E-state index contributed by atoms with van der Waals surface area (Å²) in [5.74, 6) is 0.557. The van der Waals surface area contributed by atoms with Crippen LogP contribution in [0.15, 0.2) is 23.6 Å². The fourth-order valence-electron chi connectivity index (χ4n) is 2.93. The van der Waals surface area contributed by atoms with Crippen molar-refractivity contribution >= 4 is 17.2 Å². The lowest BCUT2D eigenvalue weighted by Crippen LogP contribution is -2.27. The molecule has 0 aliphatic rings. The second kappa shape index (κ2) is 7.78. The van der Waals surface area contributed by atoms with Gasteiger partial charge in [0.15, 0.2) is 0 Å². The van der Waals surface area contributed by atoms with Crippen LogP contribution >= 0.6 is 11.3 Å². The molecule has 0 radical (unpaired) electrons. The van der Waals surface area contributed by atoms with Gasteiger partial charge in [0, 0.05) is 34.1 Å². The molecule has 6 nitrogen and oxygen atoms in total. The van der Waals surface area contributed by atoms with Crippen LogP contribution in [0.2, 0.25) is 0 Å². The number of nitrogens with one attached hydrogen (secondary N) is 1. The second-order valence-corrected chi connectivity index (χ2v) is 7.40. The molecule has 136 valence electrons. The number of carbonyl (C=O) groups is 1. The summed E-state index contributed by atoms with van der Waals surface area (Å²) in [4.78, 5) is 22.5. The number of amides is 1. The zero-order valence-corrected chi connectivity index (χ0v) is 16.4. The smallest absolute Gasteiger partial charge is 0.251 e. The van der Waals surface area contributed by atoms with E-state index in [9.17, 15) is 4.79 Å². The van der Waals surface area contributed by atoms with Gasteiger partial charge in [0.05, 0.1) is 12.1 Å². The van der Waals surface area contributed by atoms with Crippen LogP contribution in [0.5, 0.6) is 0 Å². The molecule has 0 saturated heterocycles. The highest BCUT2D eigenvalue weighted by atomic mass is 32.1. The predicted molar refractivity (Wildman–Crippen MR) is 103 cm³/mol. The Labute approximate surface area is 157 Å². The van der Waals surface area contributed by atoms with E-state index in [1.807, 2.05) is 45.2 Å². The van der Waals surface area contributed by atoms with Gasteiger partial charge in [-0.2, -0.15) is 5.10 Å². The van der Waals surface area contributed by atoms with Gasteiger partial charge in [-0.25, -0.2) is 14.6 Å². The standard InChI is InChI=1S/C19H23N5OS/c1-12-10-13(2)22-19(21-12)24-15(4)17(14(3)23-24)11-18(25)20-8-7-16-6-5-9-26-16/h5-6,9-10H,7-8,11H2,1-4H3,(H,20,25). The maximum absolute atomic E-state index is 12.3. The Kier molecular flexibility index (Phi) is 5.46. The zero-order chi connectivity index (χ0) is 18.7. The number of rotatable bonds is 6. The zero-order valence-electron chi connectivity index (χ0n) is 15.5. The Hall–Kier alpha value is -2.54. The van der Waals surface area contributed by atoms with E-state index in [0.29, 0.717) is 18.9 Å². The highest BCUT2D eigenvalue weighted by Gasteiger charge is 2.17. The van der Waals surface area contributed by atoms with Crippen LogP contribution in [0, 0.1) is 27.7 Å². The third-order valence-corrected chi connectivity index (χ3v) is 5.15. The first kappa shape index (κ1) is 18.3. The van der Waals surface area contributed by atoms with Crippen molar-refractivity contribution in [2.45, 2.75) is 40.5 Å². The Morgan fingerprint density at radius 3 is 2.58 bits per heavy atom. The quantitative estimate of drug-likeness (QED) is 0.725. The lowest BCUT2D eigenvalue weighted by atomic mass is 10.1. The number of aryl methyl sites for hydroxylation is 3. The minimum atomic E-state index is 0.00801. The molecular weight excluding hydrogens is 346 g/mol. The van der Waals surface area contributed by atoms with E-state index in [1.165, 1.54) is 4.88 Å². The van der Waals surface area contributed by atoms with E-state index in [4.69, 9.17) is 0 Å². The van der Waals surface area contributed by atoms with Crippen molar-refractivity contribution in [2.24, 2.45) is 0 Å². The van der Waals surface area contributed by atoms with Gasteiger partial charge < -0.3 is 5.32 Å². The number of thiophene rings is 1. The SMILES string of the molecule is Cc1cc(C)nc(-n2nc(C)c(CC(=O)NCCc3cccs3)c2C)n1. The highest BCUT2D eigenvalue weighted by Crippen LogP contribution is 2.17. The molecule has 1 N–H and O–H groups in total. The monoisotopic (exact) mass is 369 g/mol. The summed E-state index contributed by atoms with van der Waals surface area (Å²) in [6.07, 6.45) is 1.17. The molecule has 1 amide bonds. The van der Waals surface area contributed by atoms with E-state index in [1.54, 1.807) is 16.0 Å². The summed E-state index contributed by atoms with van der Waals surface area (Å²) in [6, 6.07) is 6.04. The molecule has 7 heteroatoms. The predicted octanol–water partition coefficient (Wildman–Crippen LogP) is 2.86. The first-order valence-electron chi connectivity index (χ1n) is 8.61. The third kappa shape index (κ3) is 4.16. The molecule has 0 saturated carbocycles. The number of hydrogen-bond donors (Lipinski definition) is 1. The van der Waals surface area contributed by atoms with Crippen molar-refractivity contribution in [1.29, 1.82) is 0 Å². The highest BCUT2D eigenvalue weighted by molar-refractivity contribution is 7.09. The van der Waals surface area contributed by atoms with E-state index >= 15 is 0 Å². The van der Waals surface area contributed by atoms with Crippen molar-refractivity contribution in [2.75, 3.05) is 6.54 Å². The average molecular weight is 369 g/mol. The van der Waals surface area contributed by atoms with Gasteiger partial charge in [-0.15, -0.1) is 11.3 Å². The Bertz CT molecular complexity index is 894. The minimum absolute atomic E-state index is 0.00801. The van der Waals surface area contributed by atoms with E-state index < -0.39 is 0 Å². The molecule has 3 rings (SSSR count). The lowest BCUT2D eigenvalue weighted by molar-refractivity contribution is -0.120. The van der Waals surface area contributed by atoms with Crippen LogP contribution in [-0.4, -0.2) is 32.2 Å². The molecule has 0 atom stereocenters. The van der Waals surface area contributed by atoms with Gasteiger partial charge in [-0.3, -0.25) is 4.79 Å². The van der Waals surface area contributed by atoms with Gasteiger partial charge in [0.2, 0.25) is 5.91 Å². The molecule has 0 bridgehead atoms. The lowest BCUT2D eigenvalue weighted by Gasteiger charge is -2.07. The first-order valence-corrected chi connectivity index (χ1v) is 9.49. The molecule has 0 fully saturated rings. The summed E-state index contributed by atoms with van der Waals surface area (Å²) >= 11 is 1.71. The Morgan fingerprint density at radius 1 is 1.19 bits per heavy atom. The van der Waals surface area contributed by atoms with Gasteiger partial charge in [-0.1, -0.05) is 6.07 Å². The van der Waals surface area contributed by atoms with E-state index in [2.05, 4.69) is 26.4 Å². The normalized spacial score (nSPS) is 10.9. The number of nitrogens with zero attached hydrogens (tertiary/aromatic N) is 4. The number of aromatic nitrogens is 4. The van der Waals surface area contributed by atoms with Gasteiger partial charge in [0.25, 0.3) is 5.95 Å². The summed E-state index contributed by atoms with van der Waals surface area (Å²) in [5.41, 5.74) is 4.46. The summed E-state index contributed by atoms with van der Waals surface area (Å²) < 4.78 is 1.73. The largest absolute Gasteiger partial charge is 0.355 e. The van der Waals surface area contributed by atoms with Gasteiger partial charge in [0.1, 0.15) is 0 Å². The molecular formula is C19H23N5OS. The number of hydrogen-bond acceptors (Lipinski definition) is 5. The summed E-state index contributed by atoms with van der Waals surface area (Å²) in [5, 5.41) is 9.59. The van der Waals surface area contributed by atoms with Crippen molar-refractivity contribution in [3.63, 3.8) is 0 Å². The van der Waals surface area contributed by atoms with Crippen LogP contribution in [0.1, 0.15) is 33.2 Å². The maximum atomic E-state index is 12.3. The molecule has 3 aromatic heterocycles. The average Bonchev–Trinajstić information content (AvgIpc) is 3.17. The van der Waals surface area contributed by atoms with E-state index in [-0.39, 0.29) is 5.91 Å². The fraction of sp³-hybridized carbons (Fsp3) is 0.368. The van der Waals surface area contributed by atoms with Gasteiger partial charge >= 0.3 is 0 Å². The maximum Gasteiger partial charge on any atom is 0.251 e. The third-order valence-electron chi connectivity index (χ3n) is 4.21. The van der Waals surface area contributed by atoms with Gasteiger partial charge in [-0.05, 0) is 51.6 Å². The van der Waals surface area contributed by atoms with Crippen LogP contribution < -0.4 is 5.32 Å². The minimum Gasteiger partial charge on any atom is -0.355 e. The molecule has 0 aliphatic heterocycles. The summed E-state index contributed by atoms with van der Waals surface area (Å²) in [7, 11) is 0. The fourth-order valence-corrected chi connectivity index (χ4v) is 3.64. The van der Waals surface area contributed by atoms with Crippen molar-refractivity contribution < 1.29 is 4.79 Å². The molecule has 3 heterocycles. The summed E-state index contributed by atoms with van der Waals surface area (Å²) in [6.45, 7) is 8.39. The second-order valence-electron chi connectivity index (χ2n) is 6.37. The van der Waals surface area contributed by atoms with Crippen LogP contribution in [0.4, 0.5) is 0 Å².